The van der Waals surface area contributed by atoms with Crippen LogP contribution in [0.1, 0.15) is 42.5 Å². The van der Waals surface area contributed by atoms with Gasteiger partial charge in [0.1, 0.15) is 0 Å². The number of carbonyl (C=O) groups excluding carboxylic acids is 1. The van der Waals surface area contributed by atoms with Gasteiger partial charge in [-0.2, -0.15) is 0 Å². The number of fused-ring (bicyclic) bond motifs is 1. The van der Waals surface area contributed by atoms with Gasteiger partial charge < -0.3 is 14.4 Å². The lowest BCUT2D eigenvalue weighted by molar-refractivity contribution is -0.139. The lowest BCUT2D eigenvalue weighted by Gasteiger charge is -2.33. The van der Waals surface area contributed by atoms with Crippen LogP contribution in [0.5, 0.6) is 0 Å². The third kappa shape index (κ3) is 3.21. The Morgan fingerprint density at radius 2 is 1.58 bits per heavy atom. The SMILES string of the molecule is CCOC(OCC)c1ccccc1N1CCC(=O)c2ccccc21. The van der Waals surface area contributed by atoms with Crippen molar-refractivity contribution in [2.24, 2.45) is 0 Å². The average Bonchev–Trinajstić information content (AvgIpc) is 2.62. The third-order valence-electron chi connectivity index (χ3n) is 4.18. The molecule has 1 aliphatic rings. The van der Waals surface area contributed by atoms with Crippen LogP contribution in [0, 0.1) is 0 Å². The van der Waals surface area contributed by atoms with Gasteiger partial charge in [-0.3, -0.25) is 4.79 Å². The van der Waals surface area contributed by atoms with Crippen LogP contribution >= 0.6 is 0 Å². The van der Waals surface area contributed by atoms with Crippen LogP contribution in [0.2, 0.25) is 0 Å². The highest BCUT2D eigenvalue weighted by Crippen LogP contribution is 2.38. The molecule has 2 aromatic rings. The van der Waals surface area contributed by atoms with Crippen molar-refractivity contribution in [1.29, 1.82) is 0 Å². The minimum absolute atomic E-state index is 0.200. The summed E-state index contributed by atoms with van der Waals surface area (Å²) in [5.74, 6) is 0.200. The number of ketones is 1. The van der Waals surface area contributed by atoms with Crippen molar-refractivity contribution in [2.75, 3.05) is 24.7 Å². The first-order chi connectivity index (χ1) is 11.8. The second-order valence-corrected chi connectivity index (χ2v) is 5.64. The molecule has 0 N–H and O–H groups in total. The predicted molar refractivity (Wildman–Crippen MR) is 94.8 cm³/mol. The summed E-state index contributed by atoms with van der Waals surface area (Å²) in [5.41, 5.74) is 3.76. The highest BCUT2D eigenvalue weighted by atomic mass is 16.7. The van der Waals surface area contributed by atoms with E-state index in [0.29, 0.717) is 26.2 Å². The summed E-state index contributed by atoms with van der Waals surface area (Å²) in [6.45, 7) is 5.74. The van der Waals surface area contributed by atoms with Crippen LogP contribution in [0.3, 0.4) is 0 Å². The van der Waals surface area contributed by atoms with Gasteiger partial charge in [0, 0.05) is 43.0 Å². The fraction of sp³-hybridized carbons (Fsp3) is 0.350. The Hall–Kier alpha value is -2.17. The van der Waals surface area contributed by atoms with Gasteiger partial charge in [0.05, 0.1) is 5.69 Å². The molecule has 4 heteroatoms. The molecule has 0 amide bonds. The van der Waals surface area contributed by atoms with Gasteiger partial charge in [0.25, 0.3) is 0 Å². The molecule has 0 aliphatic carbocycles. The van der Waals surface area contributed by atoms with Crippen molar-refractivity contribution in [1.82, 2.24) is 0 Å². The van der Waals surface area contributed by atoms with E-state index in [1.54, 1.807) is 0 Å². The number of rotatable bonds is 6. The number of Topliss-reactive ketones (excluding diaryl/α,β-unsaturated/α-hetero) is 1. The second-order valence-electron chi connectivity index (χ2n) is 5.64. The molecule has 0 saturated carbocycles. The Morgan fingerprint density at radius 1 is 0.958 bits per heavy atom. The average molecular weight is 325 g/mol. The molecule has 0 atom stereocenters. The topological polar surface area (TPSA) is 38.8 Å². The normalized spacial score (nSPS) is 14.1. The number of carbonyl (C=O) groups is 1. The quantitative estimate of drug-likeness (QED) is 0.734. The molecule has 0 bridgehead atoms. The minimum Gasteiger partial charge on any atom is -0.349 e. The summed E-state index contributed by atoms with van der Waals surface area (Å²) >= 11 is 0. The summed E-state index contributed by atoms with van der Waals surface area (Å²) in [4.78, 5) is 14.4. The highest BCUT2D eigenvalue weighted by Gasteiger charge is 2.27. The van der Waals surface area contributed by atoms with Crippen LogP contribution in [0.25, 0.3) is 0 Å². The first kappa shape index (κ1) is 16.7. The van der Waals surface area contributed by atoms with Gasteiger partial charge >= 0.3 is 0 Å². The maximum atomic E-state index is 12.2. The monoisotopic (exact) mass is 325 g/mol. The molecular weight excluding hydrogens is 302 g/mol. The molecule has 24 heavy (non-hydrogen) atoms. The lowest BCUT2D eigenvalue weighted by atomic mass is 9.98. The van der Waals surface area contributed by atoms with Crippen molar-refractivity contribution in [2.45, 2.75) is 26.6 Å². The first-order valence-electron chi connectivity index (χ1n) is 8.48. The van der Waals surface area contributed by atoms with Crippen molar-refractivity contribution in [3.8, 4) is 0 Å². The van der Waals surface area contributed by atoms with E-state index in [1.165, 1.54) is 0 Å². The molecule has 126 valence electrons. The molecule has 1 aliphatic heterocycles. The maximum Gasteiger partial charge on any atom is 0.185 e. The van der Waals surface area contributed by atoms with E-state index < -0.39 is 6.29 Å². The zero-order valence-corrected chi connectivity index (χ0v) is 14.2. The fourth-order valence-electron chi connectivity index (χ4n) is 3.13. The van der Waals surface area contributed by atoms with Crippen molar-refractivity contribution in [3.05, 3.63) is 59.7 Å². The summed E-state index contributed by atoms with van der Waals surface area (Å²) in [7, 11) is 0. The zero-order chi connectivity index (χ0) is 16.9. The van der Waals surface area contributed by atoms with Gasteiger partial charge in [-0.25, -0.2) is 0 Å². The van der Waals surface area contributed by atoms with Crippen LogP contribution < -0.4 is 4.90 Å². The number of nitrogens with zero attached hydrogens (tertiary/aromatic N) is 1. The molecule has 0 spiro atoms. The summed E-state index contributed by atoms with van der Waals surface area (Å²) in [5, 5.41) is 0. The number of ether oxygens (including phenoxy) is 2. The van der Waals surface area contributed by atoms with E-state index in [4.69, 9.17) is 9.47 Å². The van der Waals surface area contributed by atoms with Crippen LogP contribution in [-0.4, -0.2) is 25.5 Å². The molecule has 3 rings (SSSR count). The molecular formula is C20H23NO3. The zero-order valence-electron chi connectivity index (χ0n) is 14.2. The number of para-hydroxylation sites is 2. The lowest BCUT2D eigenvalue weighted by Crippen LogP contribution is -2.29. The summed E-state index contributed by atoms with van der Waals surface area (Å²) < 4.78 is 11.6. The Bertz CT molecular complexity index is 708. The number of anilines is 2. The molecule has 0 radical (unpaired) electrons. The molecule has 1 heterocycles. The molecule has 0 fully saturated rings. The maximum absolute atomic E-state index is 12.2. The Morgan fingerprint density at radius 3 is 2.29 bits per heavy atom. The van der Waals surface area contributed by atoms with Crippen LogP contribution in [-0.2, 0) is 9.47 Å². The van der Waals surface area contributed by atoms with E-state index in [2.05, 4.69) is 11.0 Å². The van der Waals surface area contributed by atoms with Crippen LogP contribution in [0.15, 0.2) is 48.5 Å². The molecule has 4 nitrogen and oxygen atoms in total. The number of hydrogen-bond acceptors (Lipinski definition) is 4. The molecule has 0 saturated heterocycles. The van der Waals surface area contributed by atoms with E-state index >= 15 is 0 Å². The second kappa shape index (κ2) is 7.60. The van der Waals surface area contributed by atoms with E-state index in [1.807, 2.05) is 56.3 Å². The summed E-state index contributed by atoms with van der Waals surface area (Å²) in [6.07, 6.45) is 0.111. The molecule has 0 unspecified atom stereocenters. The van der Waals surface area contributed by atoms with Crippen LogP contribution in [0.4, 0.5) is 11.4 Å². The molecule has 0 aromatic heterocycles. The number of hydrogen-bond donors (Lipinski definition) is 0. The van der Waals surface area contributed by atoms with Gasteiger partial charge in [0.15, 0.2) is 12.1 Å². The molecule has 2 aromatic carbocycles. The van der Waals surface area contributed by atoms with Crippen molar-refractivity contribution in [3.63, 3.8) is 0 Å². The Balaban J connectivity index is 2.04. The minimum atomic E-state index is -0.402. The Labute approximate surface area is 143 Å². The standard InChI is InChI=1S/C20H23NO3/c1-3-23-20(24-4-2)16-10-6-8-12-18(16)21-14-13-19(22)15-9-5-7-11-17(15)21/h5-12,20H,3-4,13-14H2,1-2H3. The van der Waals surface area contributed by atoms with Gasteiger partial charge in [-0.15, -0.1) is 0 Å². The van der Waals surface area contributed by atoms with E-state index in [-0.39, 0.29) is 5.78 Å². The fourth-order valence-corrected chi connectivity index (χ4v) is 3.13. The van der Waals surface area contributed by atoms with Crippen molar-refractivity contribution >= 4 is 17.2 Å². The highest BCUT2D eigenvalue weighted by molar-refractivity contribution is 6.04. The van der Waals surface area contributed by atoms with Crippen molar-refractivity contribution < 1.29 is 14.3 Å². The predicted octanol–water partition coefficient (Wildman–Crippen LogP) is 4.48. The van der Waals surface area contributed by atoms with Gasteiger partial charge in [0.2, 0.25) is 0 Å². The van der Waals surface area contributed by atoms with Gasteiger partial charge in [-0.05, 0) is 32.0 Å². The van der Waals surface area contributed by atoms with E-state index in [9.17, 15) is 4.79 Å². The largest absolute Gasteiger partial charge is 0.349 e. The Kier molecular flexibility index (Phi) is 5.28. The third-order valence-corrected chi connectivity index (χ3v) is 4.18. The smallest absolute Gasteiger partial charge is 0.185 e. The number of benzene rings is 2. The van der Waals surface area contributed by atoms with E-state index in [0.717, 1.165) is 22.5 Å². The summed E-state index contributed by atoms with van der Waals surface area (Å²) in [6, 6.07) is 15.9. The first-order valence-corrected chi connectivity index (χ1v) is 8.48. The van der Waals surface area contributed by atoms with Gasteiger partial charge in [-0.1, -0.05) is 30.3 Å².